The summed E-state index contributed by atoms with van der Waals surface area (Å²) in [7, 11) is 0. The van der Waals surface area contributed by atoms with Gasteiger partial charge >= 0.3 is 12.5 Å². The normalized spacial score (nSPS) is 19.7. The molecule has 0 amide bonds. The van der Waals surface area contributed by atoms with Crippen LogP contribution in [0.1, 0.15) is 11.1 Å². The third-order valence-electron chi connectivity index (χ3n) is 2.96. The Hall–Kier alpha value is -1.44. The molecule has 1 heterocycles. The van der Waals surface area contributed by atoms with Crippen molar-refractivity contribution in [2.75, 3.05) is 4.90 Å². The molecule has 0 fully saturated rings. The van der Waals surface area contributed by atoms with Gasteiger partial charge in [-0.05, 0) is 17.2 Å². The van der Waals surface area contributed by atoms with Crippen LogP contribution in [0.15, 0.2) is 18.2 Å². The summed E-state index contributed by atoms with van der Waals surface area (Å²) in [6.45, 7) is -0.435. The van der Waals surface area contributed by atoms with Gasteiger partial charge in [0.05, 0.1) is 6.61 Å². The smallest absolute Gasteiger partial charge is 0.392 e. The molecule has 1 aromatic rings. The van der Waals surface area contributed by atoms with Gasteiger partial charge in [0.15, 0.2) is 0 Å². The van der Waals surface area contributed by atoms with E-state index < -0.39 is 42.1 Å². The van der Waals surface area contributed by atoms with Crippen LogP contribution >= 0.6 is 0 Å². The van der Waals surface area contributed by atoms with Crippen LogP contribution in [0, 0.1) is 0 Å². The summed E-state index contributed by atoms with van der Waals surface area (Å²) in [5.41, 5.74) is -0.290. The number of anilines is 1. The molecular weight excluding hydrogens is 276 g/mol. The van der Waals surface area contributed by atoms with Crippen molar-refractivity contribution >= 4 is 5.69 Å². The molecule has 0 saturated carbocycles. The average molecular weight is 285 g/mol. The number of aliphatic hydroxyl groups excluding tert-OH is 1. The van der Waals surface area contributed by atoms with Crippen LogP contribution in [0.3, 0.4) is 0 Å². The summed E-state index contributed by atoms with van der Waals surface area (Å²) >= 11 is 0. The number of rotatable bonds is 1. The molecule has 8 heteroatoms. The van der Waals surface area contributed by atoms with Crippen molar-refractivity contribution in [3.05, 3.63) is 29.3 Å². The number of benzene rings is 1. The first-order valence-electron chi connectivity index (χ1n) is 5.30. The van der Waals surface area contributed by atoms with Crippen molar-refractivity contribution in [2.24, 2.45) is 0 Å². The molecule has 0 radical (unpaired) electrons. The summed E-state index contributed by atoms with van der Waals surface area (Å²) in [6, 6.07) is 0.687. The number of alkyl halides is 6. The van der Waals surface area contributed by atoms with Gasteiger partial charge in [-0.1, -0.05) is 12.1 Å². The van der Waals surface area contributed by atoms with Crippen molar-refractivity contribution in [3.8, 4) is 0 Å². The minimum Gasteiger partial charge on any atom is -0.392 e. The SMILES string of the molecule is OCc1ccc2c(c1)CC(C(F)(F)F)N2C(F)(F)F. The minimum atomic E-state index is -5.10. The lowest BCUT2D eigenvalue weighted by Gasteiger charge is -2.30. The van der Waals surface area contributed by atoms with E-state index in [9.17, 15) is 26.3 Å². The lowest BCUT2D eigenvalue weighted by Crippen LogP contribution is -2.50. The Kier molecular flexibility index (Phi) is 3.16. The number of hydrogen-bond donors (Lipinski definition) is 1. The highest BCUT2D eigenvalue weighted by Crippen LogP contribution is 2.45. The van der Waals surface area contributed by atoms with Gasteiger partial charge in [0.25, 0.3) is 0 Å². The molecule has 0 aromatic heterocycles. The van der Waals surface area contributed by atoms with E-state index in [4.69, 9.17) is 5.11 Å². The first kappa shape index (κ1) is 14.0. The van der Waals surface area contributed by atoms with Gasteiger partial charge in [-0.2, -0.15) is 26.3 Å². The predicted octanol–water partition coefficient (Wildman–Crippen LogP) is 2.99. The van der Waals surface area contributed by atoms with Crippen molar-refractivity contribution in [1.29, 1.82) is 0 Å². The standard InChI is InChI=1S/C11H9F6NO/c12-10(13,14)9-4-7-3-6(5-19)1-2-8(7)18(9)11(15,16)17/h1-3,9,19H,4-5H2. The summed E-state index contributed by atoms with van der Waals surface area (Å²) in [6.07, 6.45) is -10.9. The Morgan fingerprint density at radius 2 is 1.79 bits per heavy atom. The molecule has 19 heavy (non-hydrogen) atoms. The Balaban J connectivity index is 2.49. The van der Waals surface area contributed by atoms with Crippen molar-refractivity contribution < 1.29 is 31.4 Å². The summed E-state index contributed by atoms with van der Waals surface area (Å²) in [5.74, 6) is 0. The number of halogens is 6. The first-order chi connectivity index (χ1) is 8.64. The number of fused-ring (bicyclic) bond motifs is 1. The highest BCUT2D eigenvalue weighted by Gasteiger charge is 2.56. The highest BCUT2D eigenvalue weighted by molar-refractivity contribution is 5.61. The molecule has 1 N–H and O–H groups in total. The predicted molar refractivity (Wildman–Crippen MR) is 54.4 cm³/mol. The van der Waals surface area contributed by atoms with Crippen molar-refractivity contribution in [3.63, 3.8) is 0 Å². The third kappa shape index (κ3) is 2.49. The molecular formula is C11H9F6NO. The molecule has 1 atom stereocenters. The second-order valence-corrected chi connectivity index (χ2v) is 4.22. The molecule has 0 saturated heterocycles. The van der Waals surface area contributed by atoms with E-state index in [-0.39, 0.29) is 11.1 Å². The molecule has 1 aromatic carbocycles. The lowest BCUT2D eigenvalue weighted by molar-refractivity contribution is -0.189. The van der Waals surface area contributed by atoms with Crippen LogP contribution in [0.4, 0.5) is 32.0 Å². The molecule has 1 aliphatic rings. The van der Waals surface area contributed by atoms with E-state index in [2.05, 4.69) is 0 Å². The van der Waals surface area contributed by atoms with Gasteiger partial charge < -0.3 is 5.11 Å². The number of aliphatic hydroxyl groups is 1. The second kappa shape index (κ2) is 4.29. The summed E-state index contributed by atoms with van der Waals surface area (Å²) < 4.78 is 76.4. The summed E-state index contributed by atoms with van der Waals surface area (Å²) in [4.78, 5) is -0.566. The maximum Gasteiger partial charge on any atom is 0.485 e. The zero-order chi connectivity index (χ0) is 14.4. The van der Waals surface area contributed by atoms with Gasteiger partial charge in [-0.3, -0.25) is 4.90 Å². The van der Waals surface area contributed by atoms with E-state index in [1.807, 2.05) is 0 Å². The Bertz CT molecular complexity index is 481. The lowest BCUT2D eigenvalue weighted by atomic mass is 10.1. The zero-order valence-electron chi connectivity index (χ0n) is 9.39. The highest BCUT2D eigenvalue weighted by atomic mass is 19.4. The van der Waals surface area contributed by atoms with Crippen molar-refractivity contribution in [1.82, 2.24) is 0 Å². The average Bonchev–Trinajstić information content (AvgIpc) is 2.66. The molecule has 2 rings (SSSR count). The minimum absolute atomic E-state index is 0.0637. The molecule has 2 nitrogen and oxygen atoms in total. The van der Waals surface area contributed by atoms with Crippen LogP contribution in [0.2, 0.25) is 0 Å². The van der Waals surface area contributed by atoms with Gasteiger partial charge in [0.2, 0.25) is 0 Å². The Morgan fingerprint density at radius 3 is 2.26 bits per heavy atom. The molecule has 1 aliphatic heterocycles. The van der Waals surface area contributed by atoms with Crippen LogP contribution in [-0.2, 0) is 13.0 Å². The van der Waals surface area contributed by atoms with Gasteiger partial charge in [0, 0.05) is 12.1 Å². The number of hydrogen-bond acceptors (Lipinski definition) is 2. The van der Waals surface area contributed by atoms with Crippen LogP contribution in [-0.4, -0.2) is 23.6 Å². The summed E-state index contributed by atoms with van der Waals surface area (Å²) in [5, 5.41) is 8.86. The Morgan fingerprint density at radius 1 is 1.16 bits per heavy atom. The fraction of sp³-hybridized carbons (Fsp3) is 0.455. The fourth-order valence-corrected chi connectivity index (χ4v) is 2.18. The van der Waals surface area contributed by atoms with Gasteiger partial charge in [0.1, 0.15) is 6.04 Å². The Labute approximate surface area is 104 Å². The first-order valence-corrected chi connectivity index (χ1v) is 5.30. The second-order valence-electron chi connectivity index (χ2n) is 4.22. The fourth-order valence-electron chi connectivity index (χ4n) is 2.18. The van der Waals surface area contributed by atoms with E-state index >= 15 is 0 Å². The molecule has 0 bridgehead atoms. The van der Waals surface area contributed by atoms with E-state index in [1.54, 1.807) is 0 Å². The van der Waals surface area contributed by atoms with E-state index in [0.29, 0.717) is 0 Å². The van der Waals surface area contributed by atoms with Gasteiger partial charge in [-0.15, -0.1) is 0 Å². The molecule has 0 aliphatic carbocycles. The quantitative estimate of drug-likeness (QED) is 0.633. The largest absolute Gasteiger partial charge is 0.485 e. The third-order valence-corrected chi connectivity index (χ3v) is 2.96. The van der Waals surface area contributed by atoms with Crippen molar-refractivity contribution in [2.45, 2.75) is 31.5 Å². The van der Waals surface area contributed by atoms with Crippen LogP contribution in [0.25, 0.3) is 0 Å². The molecule has 0 spiro atoms. The van der Waals surface area contributed by atoms with Gasteiger partial charge in [-0.25, -0.2) is 0 Å². The van der Waals surface area contributed by atoms with Crippen LogP contribution in [0.5, 0.6) is 0 Å². The topological polar surface area (TPSA) is 23.5 Å². The van der Waals surface area contributed by atoms with Crippen LogP contribution < -0.4 is 4.90 Å². The maximum atomic E-state index is 12.8. The number of nitrogens with zero attached hydrogens (tertiary/aromatic N) is 1. The zero-order valence-corrected chi connectivity index (χ0v) is 9.39. The monoisotopic (exact) mass is 285 g/mol. The van der Waals surface area contributed by atoms with E-state index in [0.717, 1.165) is 6.07 Å². The molecule has 1 unspecified atom stereocenters. The molecule has 106 valence electrons. The van der Waals surface area contributed by atoms with E-state index in [1.165, 1.54) is 12.1 Å². The maximum absolute atomic E-state index is 12.8.